The van der Waals surface area contributed by atoms with E-state index in [9.17, 15) is 0 Å². The lowest BCUT2D eigenvalue weighted by molar-refractivity contribution is 0.0802. The van der Waals surface area contributed by atoms with Crippen molar-refractivity contribution < 1.29 is 4.84 Å². The quantitative estimate of drug-likeness (QED) is 0.444. The second kappa shape index (κ2) is 8.57. The van der Waals surface area contributed by atoms with E-state index in [1.165, 1.54) is 37.0 Å². The van der Waals surface area contributed by atoms with Crippen LogP contribution >= 0.6 is 0 Å². The summed E-state index contributed by atoms with van der Waals surface area (Å²) in [4.78, 5) is 8.45. The zero-order valence-electron chi connectivity index (χ0n) is 18.2. The third-order valence-corrected chi connectivity index (χ3v) is 7.73. The average Bonchev–Trinajstić information content (AvgIpc) is 3.34. The fraction of sp³-hybridized carbons (Fsp3) is 0.720. The molecule has 154 valence electrons. The van der Waals surface area contributed by atoms with Gasteiger partial charge in [0, 0.05) is 30.5 Å². The first-order valence-electron chi connectivity index (χ1n) is 11.6. The van der Waals surface area contributed by atoms with Crippen molar-refractivity contribution in [3.05, 3.63) is 35.9 Å². The van der Waals surface area contributed by atoms with E-state index in [1.54, 1.807) is 0 Å². The van der Waals surface area contributed by atoms with Gasteiger partial charge in [-0.05, 0) is 76.7 Å². The van der Waals surface area contributed by atoms with Crippen molar-refractivity contribution in [2.45, 2.75) is 71.9 Å². The zero-order valence-corrected chi connectivity index (χ0v) is 18.2. The molecule has 0 heterocycles. The molecule has 0 spiro atoms. The number of oxime groups is 1. The lowest BCUT2D eigenvalue weighted by Gasteiger charge is -2.33. The highest BCUT2D eigenvalue weighted by molar-refractivity contribution is 5.92. The molecule has 3 heteroatoms. The van der Waals surface area contributed by atoms with Gasteiger partial charge < -0.3 is 4.84 Å². The molecule has 0 aliphatic heterocycles. The fourth-order valence-electron chi connectivity index (χ4n) is 6.63. The Bertz CT molecular complexity index is 660. The van der Waals surface area contributed by atoms with Crippen molar-refractivity contribution >= 4 is 5.71 Å². The monoisotopic (exact) mass is 382 g/mol. The largest absolute Gasteiger partial charge is 0.394 e. The Morgan fingerprint density at radius 3 is 2.43 bits per heavy atom. The van der Waals surface area contributed by atoms with Gasteiger partial charge in [0.2, 0.25) is 0 Å². The van der Waals surface area contributed by atoms with Crippen LogP contribution in [-0.2, 0) is 11.3 Å². The van der Waals surface area contributed by atoms with Crippen LogP contribution in [0.15, 0.2) is 35.5 Å². The first-order valence-corrected chi connectivity index (χ1v) is 11.6. The van der Waals surface area contributed by atoms with Gasteiger partial charge in [-0.2, -0.15) is 0 Å². The van der Waals surface area contributed by atoms with Crippen LogP contribution in [0, 0.1) is 29.6 Å². The van der Waals surface area contributed by atoms with Gasteiger partial charge in [-0.25, -0.2) is 0 Å². The predicted molar refractivity (Wildman–Crippen MR) is 116 cm³/mol. The zero-order chi connectivity index (χ0) is 19.7. The van der Waals surface area contributed by atoms with E-state index < -0.39 is 0 Å². The molecule has 3 saturated carbocycles. The third kappa shape index (κ3) is 3.87. The van der Waals surface area contributed by atoms with Crippen LogP contribution < -0.4 is 0 Å². The van der Waals surface area contributed by atoms with Crippen LogP contribution in [0.5, 0.6) is 0 Å². The fourth-order valence-corrected chi connectivity index (χ4v) is 6.63. The van der Waals surface area contributed by atoms with Crippen molar-refractivity contribution in [1.29, 1.82) is 0 Å². The molecule has 0 amide bonds. The van der Waals surface area contributed by atoms with Gasteiger partial charge in [-0.1, -0.05) is 41.9 Å². The summed E-state index contributed by atoms with van der Waals surface area (Å²) in [5.41, 5.74) is 2.85. The molecule has 0 saturated heterocycles. The summed E-state index contributed by atoms with van der Waals surface area (Å²) in [6, 6.07) is 12.1. The van der Waals surface area contributed by atoms with Crippen LogP contribution in [0.1, 0.15) is 58.9 Å². The Kier molecular flexibility index (Phi) is 6.10. The number of rotatable bonds is 8. The summed E-state index contributed by atoms with van der Waals surface area (Å²) < 4.78 is 0. The lowest BCUT2D eigenvalue weighted by atomic mass is 9.72. The van der Waals surface area contributed by atoms with E-state index in [-0.39, 0.29) is 0 Å². The van der Waals surface area contributed by atoms with E-state index in [0.717, 1.165) is 30.7 Å². The summed E-state index contributed by atoms with van der Waals surface area (Å²) in [6.07, 6.45) is 6.78. The Labute approximate surface area is 171 Å². The summed E-state index contributed by atoms with van der Waals surface area (Å²) in [5.74, 6) is 3.97. The first kappa shape index (κ1) is 19.9. The molecule has 3 fully saturated rings. The van der Waals surface area contributed by atoms with E-state index in [1.807, 2.05) is 0 Å². The van der Waals surface area contributed by atoms with Gasteiger partial charge in [0.15, 0.2) is 0 Å². The molecule has 3 aliphatic rings. The predicted octanol–water partition coefficient (Wildman–Crippen LogP) is 5.40. The molecule has 4 rings (SSSR count). The maximum Gasteiger partial charge on any atom is 0.129 e. The minimum atomic E-state index is 0.545. The normalized spacial score (nSPS) is 32.8. The van der Waals surface area contributed by atoms with E-state index in [2.05, 4.69) is 62.9 Å². The summed E-state index contributed by atoms with van der Waals surface area (Å²) in [5, 5.41) is 4.82. The molecule has 0 N–H and O–H groups in total. The molecule has 1 aromatic rings. The summed E-state index contributed by atoms with van der Waals surface area (Å²) >= 11 is 0. The number of hydrogen-bond donors (Lipinski definition) is 0. The highest BCUT2D eigenvalue weighted by Gasteiger charge is 2.57. The van der Waals surface area contributed by atoms with Crippen molar-refractivity contribution in [2.24, 2.45) is 34.7 Å². The standard InChI is InChI=1S/C25H38N2O/c1-17(2)27(18(3)4)13-14-28-26-25-23(15-19-9-6-5-7-10-19)22-16-24(25)21-12-8-11-20(21)22/h5-7,9-10,17-18,20-24H,8,11-16H2,1-4H3/b26-25+/t20-,21+,22-,23-,24+/m1/s1. The number of hydrogen-bond acceptors (Lipinski definition) is 3. The maximum atomic E-state index is 5.96. The number of fused-ring (bicyclic) bond motifs is 5. The Morgan fingerprint density at radius 1 is 1.00 bits per heavy atom. The van der Waals surface area contributed by atoms with Crippen LogP contribution in [0.25, 0.3) is 0 Å². The van der Waals surface area contributed by atoms with E-state index >= 15 is 0 Å². The molecule has 1 aromatic carbocycles. The Morgan fingerprint density at radius 2 is 1.71 bits per heavy atom. The van der Waals surface area contributed by atoms with Crippen LogP contribution in [0.4, 0.5) is 0 Å². The van der Waals surface area contributed by atoms with Crippen molar-refractivity contribution in [3.63, 3.8) is 0 Å². The van der Waals surface area contributed by atoms with Crippen LogP contribution in [0.3, 0.4) is 0 Å². The van der Waals surface area contributed by atoms with Crippen molar-refractivity contribution in [1.82, 2.24) is 4.90 Å². The molecule has 0 unspecified atom stereocenters. The summed E-state index contributed by atoms with van der Waals surface area (Å²) in [6.45, 7) is 10.7. The SMILES string of the molecule is CC(C)N(CCO/N=C1/[C@H]2C[C@H]([C@@H]3CCC[C@@H]32)[C@H]1Cc1ccccc1)C(C)C. The van der Waals surface area contributed by atoms with Gasteiger partial charge >= 0.3 is 0 Å². The van der Waals surface area contributed by atoms with Gasteiger partial charge in [0.1, 0.15) is 6.61 Å². The molecular formula is C25H38N2O. The van der Waals surface area contributed by atoms with Crippen molar-refractivity contribution in [2.75, 3.05) is 13.2 Å². The topological polar surface area (TPSA) is 24.8 Å². The van der Waals surface area contributed by atoms with Gasteiger partial charge in [-0.3, -0.25) is 4.90 Å². The highest BCUT2D eigenvalue weighted by atomic mass is 16.6. The second-order valence-electron chi connectivity index (χ2n) is 9.84. The number of nitrogens with zero attached hydrogens (tertiary/aromatic N) is 2. The minimum absolute atomic E-state index is 0.545. The third-order valence-electron chi connectivity index (χ3n) is 7.73. The Hall–Kier alpha value is -1.35. The second-order valence-corrected chi connectivity index (χ2v) is 9.84. The lowest BCUT2D eigenvalue weighted by Crippen LogP contribution is -2.39. The smallest absolute Gasteiger partial charge is 0.129 e. The summed E-state index contributed by atoms with van der Waals surface area (Å²) in [7, 11) is 0. The maximum absolute atomic E-state index is 5.96. The molecule has 3 aliphatic carbocycles. The first-order chi connectivity index (χ1) is 13.6. The van der Waals surface area contributed by atoms with E-state index in [4.69, 9.17) is 9.99 Å². The van der Waals surface area contributed by atoms with Gasteiger partial charge in [-0.15, -0.1) is 0 Å². The van der Waals surface area contributed by atoms with Crippen LogP contribution in [-0.4, -0.2) is 35.8 Å². The average molecular weight is 383 g/mol. The minimum Gasteiger partial charge on any atom is -0.394 e. The molecule has 5 atom stereocenters. The molecule has 0 radical (unpaired) electrons. The van der Waals surface area contributed by atoms with Crippen LogP contribution in [0.2, 0.25) is 0 Å². The molecule has 0 aromatic heterocycles. The molecular weight excluding hydrogens is 344 g/mol. The molecule has 2 bridgehead atoms. The highest BCUT2D eigenvalue weighted by Crippen LogP contribution is 2.60. The van der Waals surface area contributed by atoms with E-state index in [0.29, 0.717) is 30.5 Å². The molecule has 28 heavy (non-hydrogen) atoms. The van der Waals surface area contributed by atoms with Gasteiger partial charge in [0.25, 0.3) is 0 Å². The Balaban J connectivity index is 1.44. The number of benzene rings is 1. The van der Waals surface area contributed by atoms with Gasteiger partial charge in [0.05, 0.1) is 5.71 Å². The van der Waals surface area contributed by atoms with Crippen molar-refractivity contribution in [3.8, 4) is 0 Å². The molecule has 3 nitrogen and oxygen atoms in total.